The topological polar surface area (TPSA) is 91.5 Å². The van der Waals surface area contributed by atoms with Crippen molar-refractivity contribution in [1.82, 2.24) is 29.0 Å². The number of halogens is 4. The Balaban J connectivity index is 1.02. The van der Waals surface area contributed by atoms with Crippen LogP contribution in [0.1, 0.15) is 70.3 Å². The average Bonchev–Trinajstić information content (AvgIpc) is 3.40. The molecule has 1 N–H and O–H groups in total. The third-order valence-electron chi connectivity index (χ3n) is 10.9. The van der Waals surface area contributed by atoms with Crippen molar-refractivity contribution in [3.63, 3.8) is 0 Å². The highest BCUT2D eigenvalue weighted by atomic mass is 35.5. The van der Waals surface area contributed by atoms with Gasteiger partial charge in [0.05, 0.1) is 39.2 Å². The van der Waals surface area contributed by atoms with E-state index in [2.05, 4.69) is 70.6 Å². The summed E-state index contributed by atoms with van der Waals surface area (Å²) in [6.45, 7) is 15.6. The first kappa shape index (κ1) is 38.5. The number of nitrogens with zero attached hydrogens (tertiary/aromatic N) is 6. The Kier molecular flexibility index (Phi) is 10.5. The second-order valence-corrected chi connectivity index (χ2v) is 23.4. The number of hydrogen-bond acceptors (Lipinski definition) is 8. The number of hydrogen-bond donors (Lipinski definition) is 1. The molecule has 2 unspecified atom stereocenters. The van der Waals surface area contributed by atoms with Crippen LogP contribution in [0.2, 0.25) is 30.7 Å². The lowest BCUT2D eigenvalue weighted by Gasteiger charge is -2.35. The van der Waals surface area contributed by atoms with Gasteiger partial charge in [0.15, 0.2) is 5.79 Å². The number of unbranched alkanes of at least 4 members (excludes halogenated alkanes) is 1. The summed E-state index contributed by atoms with van der Waals surface area (Å²) in [5, 5.41) is 4.24. The van der Waals surface area contributed by atoms with Gasteiger partial charge in [-0.05, 0) is 83.8 Å². The zero-order valence-corrected chi connectivity index (χ0v) is 33.7. The number of anilines is 1. The molecule has 1 aliphatic heterocycles. The van der Waals surface area contributed by atoms with Crippen molar-refractivity contribution in [3.05, 3.63) is 47.1 Å². The van der Waals surface area contributed by atoms with E-state index in [9.17, 15) is 13.2 Å². The molecule has 2 saturated carbocycles. The van der Waals surface area contributed by atoms with E-state index in [0.29, 0.717) is 30.4 Å². The number of imidazole rings is 1. The van der Waals surface area contributed by atoms with Crippen molar-refractivity contribution in [2.75, 3.05) is 32.1 Å². The molecule has 0 amide bonds. The second-order valence-electron chi connectivity index (χ2n) is 17.4. The van der Waals surface area contributed by atoms with Gasteiger partial charge in [0.25, 0.3) is 0 Å². The Morgan fingerprint density at radius 2 is 1.89 bits per heavy atom. The molecule has 290 valence electrons. The maximum atomic E-state index is 13.7. The fourth-order valence-electron chi connectivity index (χ4n) is 8.15. The minimum absolute atomic E-state index is 0.0497. The summed E-state index contributed by atoms with van der Waals surface area (Å²) in [6.07, 6.45) is 4.49. The van der Waals surface area contributed by atoms with Crippen molar-refractivity contribution < 1.29 is 27.4 Å². The van der Waals surface area contributed by atoms with E-state index >= 15 is 0 Å². The lowest BCUT2D eigenvalue weighted by Crippen LogP contribution is -2.42. The van der Waals surface area contributed by atoms with E-state index in [1.807, 2.05) is 18.4 Å². The van der Waals surface area contributed by atoms with Gasteiger partial charge in [0.2, 0.25) is 0 Å². The maximum Gasteiger partial charge on any atom is 0.417 e. The molecule has 7 rings (SSSR count). The molecule has 10 nitrogen and oxygen atoms in total. The van der Waals surface area contributed by atoms with E-state index < -0.39 is 25.6 Å². The Morgan fingerprint density at radius 3 is 2.60 bits per heavy atom. The lowest BCUT2D eigenvalue weighted by molar-refractivity contribution is -0.169. The van der Waals surface area contributed by atoms with Gasteiger partial charge in [-0.1, -0.05) is 38.2 Å². The predicted octanol–water partition coefficient (Wildman–Crippen LogP) is 8.77. The van der Waals surface area contributed by atoms with Crippen molar-refractivity contribution in [1.29, 1.82) is 0 Å². The van der Waals surface area contributed by atoms with Crippen molar-refractivity contribution in [3.8, 4) is 0 Å². The molecule has 15 heteroatoms. The third kappa shape index (κ3) is 8.42. The summed E-state index contributed by atoms with van der Waals surface area (Å²) < 4.78 is 64.5. The lowest BCUT2D eigenvalue weighted by atomic mass is 9.85. The van der Waals surface area contributed by atoms with Gasteiger partial charge in [0, 0.05) is 45.3 Å². The highest BCUT2D eigenvalue weighted by Gasteiger charge is 2.60. The largest absolute Gasteiger partial charge is 0.417 e. The van der Waals surface area contributed by atoms with E-state index in [1.165, 1.54) is 18.9 Å². The van der Waals surface area contributed by atoms with Gasteiger partial charge in [-0.3, -0.25) is 0 Å². The molecule has 3 aliphatic rings. The molecule has 1 saturated heterocycles. The zero-order valence-electron chi connectivity index (χ0n) is 31.9. The molecule has 4 atom stereocenters. The van der Waals surface area contributed by atoms with E-state index in [1.54, 1.807) is 6.33 Å². The quantitative estimate of drug-likeness (QED) is 0.0948. The molecule has 53 heavy (non-hydrogen) atoms. The molecule has 4 aromatic rings. The van der Waals surface area contributed by atoms with Crippen LogP contribution >= 0.6 is 11.6 Å². The number of ether oxygens (including phenoxy) is 3. The van der Waals surface area contributed by atoms with Crippen LogP contribution in [0.15, 0.2) is 30.7 Å². The summed E-state index contributed by atoms with van der Waals surface area (Å²) in [5.41, 5.74) is 0.679. The SMILES string of the molecule is CN(CCCCc1nc2cc(C(F)(F)F)c(Cl)cc2n1COCC[Si](C)(C)C)CC1(C)CC(n2ccc3c(NC4CC4)ncnc32)[C@@H]2OC(C)(C)O[C@@H]21. The smallest absolute Gasteiger partial charge is 0.367 e. The summed E-state index contributed by atoms with van der Waals surface area (Å²) in [4.78, 5) is 16.3. The summed E-state index contributed by atoms with van der Waals surface area (Å²) in [5.74, 6) is 0.896. The first-order valence-electron chi connectivity index (χ1n) is 18.9. The maximum absolute atomic E-state index is 13.7. The van der Waals surface area contributed by atoms with Crippen LogP contribution in [-0.4, -0.2) is 87.8 Å². The minimum Gasteiger partial charge on any atom is -0.367 e. The van der Waals surface area contributed by atoms with Crippen LogP contribution < -0.4 is 5.32 Å². The Bertz CT molecular complexity index is 1940. The highest BCUT2D eigenvalue weighted by molar-refractivity contribution is 6.76. The van der Waals surface area contributed by atoms with Crippen LogP contribution in [0, 0.1) is 5.41 Å². The van der Waals surface area contributed by atoms with Crippen LogP contribution in [-0.2, 0) is 33.5 Å². The molecule has 4 heterocycles. The minimum atomic E-state index is -4.56. The molecule has 0 bridgehead atoms. The zero-order chi connectivity index (χ0) is 37.9. The fraction of sp³-hybridized carbons (Fsp3) is 0.658. The molecular formula is C38H53ClF3N7O3Si. The average molecular weight is 776 g/mol. The molecule has 0 radical (unpaired) electrons. The van der Waals surface area contributed by atoms with Gasteiger partial charge < -0.3 is 33.6 Å². The Labute approximate surface area is 315 Å². The first-order chi connectivity index (χ1) is 24.9. The van der Waals surface area contributed by atoms with Crippen LogP contribution in [0.4, 0.5) is 19.0 Å². The van der Waals surface area contributed by atoms with Gasteiger partial charge in [-0.25, -0.2) is 15.0 Å². The molecule has 2 aliphatic carbocycles. The molecule has 3 aromatic heterocycles. The van der Waals surface area contributed by atoms with Crippen LogP contribution in [0.5, 0.6) is 0 Å². The number of nitrogens with one attached hydrogen (secondary N) is 1. The Hall–Kier alpha value is -2.75. The standard InChI is InChI=1S/C38H53ClF3N7O3Si/c1-36(2)51-32-30(48-15-13-25-34(45-24-11-12-24)43-22-44-35(25)48)20-37(3,33(32)52-36)21-47(4)14-9-8-10-31-46-28-18-26(38(40,41)42)27(39)19-29(28)49(31)23-50-16-17-53(5,6)7/h13,15,18-19,22,24,30,32-33H,8-12,14,16-17,20-21,23H2,1-7H3,(H,43,44,45)/t30?,32-,33-,37?/m0/s1. The highest BCUT2D eigenvalue weighted by Crippen LogP contribution is 2.54. The van der Waals surface area contributed by atoms with Crippen LogP contribution in [0.3, 0.4) is 0 Å². The second kappa shape index (κ2) is 14.4. The molecular weight excluding hydrogens is 723 g/mol. The monoisotopic (exact) mass is 775 g/mol. The van der Waals surface area contributed by atoms with Crippen molar-refractivity contribution in [2.24, 2.45) is 5.41 Å². The summed E-state index contributed by atoms with van der Waals surface area (Å²) >= 11 is 6.14. The normalized spacial score (nSPS) is 24.6. The Morgan fingerprint density at radius 1 is 1.11 bits per heavy atom. The predicted molar refractivity (Wildman–Crippen MR) is 204 cm³/mol. The third-order valence-corrected chi connectivity index (χ3v) is 12.9. The number of rotatable bonds is 15. The van der Waals surface area contributed by atoms with E-state index in [0.717, 1.165) is 61.3 Å². The van der Waals surface area contributed by atoms with Crippen molar-refractivity contribution >= 4 is 47.6 Å². The van der Waals surface area contributed by atoms with E-state index in [-0.39, 0.29) is 40.9 Å². The fourth-order valence-corrected chi connectivity index (χ4v) is 9.17. The number of benzene rings is 1. The molecule has 1 aromatic carbocycles. The van der Waals surface area contributed by atoms with Gasteiger partial charge in [0.1, 0.15) is 36.5 Å². The van der Waals surface area contributed by atoms with Gasteiger partial charge >= 0.3 is 6.18 Å². The molecule has 3 fully saturated rings. The van der Waals surface area contributed by atoms with Gasteiger partial charge in [-0.2, -0.15) is 13.2 Å². The number of alkyl halides is 3. The molecule has 0 spiro atoms. The van der Waals surface area contributed by atoms with Crippen LogP contribution in [0.25, 0.3) is 22.1 Å². The van der Waals surface area contributed by atoms with E-state index in [4.69, 9.17) is 30.8 Å². The number of aromatic nitrogens is 5. The number of aryl methyl sites for hydroxylation is 1. The summed E-state index contributed by atoms with van der Waals surface area (Å²) in [6, 6.07) is 6.07. The van der Waals surface area contributed by atoms with Gasteiger partial charge in [-0.15, -0.1) is 0 Å². The summed E-state index contributed by atoms with van der Waals surface area (Å²) in [7, 11) is 0.831. The van der Waals surface area contributed by atoms with Crippen molar-refractivity contribution in [2.45, 2.75) is 128 Å². The number of fused-ring (bicyclic) bond motifs is 3. The first-order valence-corrected chi connectivity index (χ1v) is 23.0.